The maximum Gasteiger partial charge on any atom is 0.244 e. The predicted molar refractivity (Wildman–Crippen MR) is 66.6 cm³/mol. The molecule has 2 N–H and O–H groups in total. The highest BCUT2D eigenvalue weighted by atomic mass is 32.2. The lowest BCUT2D eigenvalue weighted by atomic mass is 10.4. The second-order valence-electron chi connectivity index (χ2n) is 4.00. The minimum absolute atomic E-state index is 0.106. The smallest absolute Gasteiger partial charge is 0.244 e. The van der Waals surface area contributed by atoms with Crippen LogP contribution in [0.4, 0.5) is 0 Å². The number of nitrogens with zero attached hydrogens (tertiary/aromatic N) is 2. The molecule has 0 radical (unpaired) electrons. The molecular formula is C10H18N4O3S. The summed E-state index contributed by atoms with van der Waals surface area (Å²) in [5, 5.41) is 6.42. The molecule has 0 aromatic carbocycles. The molecule has 1 aromatic heterocycles. The largest absolute Gasteiger partial charge is 0.345 e. The summed E-state index contributed by atoms with van der Waals surface area (Å²) in [6, 6.07) is 0. The molecule has 0 aliphatic heterocycles. The Morgan fingerprint density at radius 3 is 2.50 bits per heavy atom. The van der Waals surface area contributed by atoms with Crippen molar-refractivity contribution < 1.29 is 13.2 Å². The molecule has 1 aromatic rings. The van der Waals surface area contributed by atoms with E-state index in [2.05, 4.69) is 14.9 Å². The average molecular weight is 274 g/mol. The summed E-state index contributed by atoms with van der Waals surface area (Å²) in [7, 11) is -2.09. The predicted octanol–water partition coefficient (Wildman–Crippen LogP) is -0.217. The van der Waals surface area contributed by atoms with Gasteiger partial charge in [0, 0.05) is 13.6 Å². The van der Waals surface area contributed by atoms with Gasteiger partial charge in [0.15, 0.2) is 0 Å². The molecule has 18 heavy (non-hydrogen) atoms. The first-order chi connectivity index (χ1) is 8.29. The van der Waals surface area contributed by atoms with Crippen LogP contribution in [0.3, 0.4) is 0 Å². The molecule has 1 heterocycles. The van der Waals surface area contributed by atoms with Gasteiger partial charge in [0.2, 0.25) is 15.9 Å². The topological polar surface area (TPSA) is 95.2 Å². The zero-order valence-electron chi connectivity index (χ0n) is 10.9. The van der Waals surface area contributed by atoms with E-state index in [-0.39, 0.29) is 17.3 Å². The van der Waals surface area contributed by atoms with Crippen LogP contribution in [0.15, 0.2) is 4.90 Å². The first-order valence-corrected chi connectivity index (χ1v) is 7.03. The second-order valence-corrected chi connectivity index (χ2v) is 5.70. The number of hydrogen-bond acceptors (Lipinski definition) is 4. The van der Waals surface area contributed by atoms with Crippen molar-refractivity contribution in [3.05, 3.63) is 11.4 Å². The van der Waals surface area contributed by atoms with Crippen molar-refractivity contribution in [3.8, 4) is 0 Å². The van der Waals surface area contributed by atoms with Crippen LogP contribution in [0, 0.1) is 13.8 Å². The summed E-state index contributed by atoms with van der Waals surface area (Å²) >= 11 is 0. The van der Waals surface area contributed by atoms with Gasteiger partial charge >= 0.3 is 0 Å². The maximum absolute atomic E-state index is 12.0. The Labute approximate surface area is 107 Å². The number of aromatic nitrogens is 2. The second kappa shape index (κ2) is 5.49. The van der Waals surface area contributed by atoms with E-state index in [0.29, 0.717) is 17.9 Å². The van der Waals surface area contributed by atoms with Gasteiger partial charge in [-0.2, -0.15) is 5.10 Å². The van der Waals surface area contributed by atoms with E-state index < -0.39 is 10.0 Å². The minimum atomic E-state index is -3.71. The number of aromatic amines is 1. The number of likely N-dealkylation sites (N-methyl/N-ethyl adjacent to an activating group) is 1. The molecule has 0 atom stereocenters. The molecule has 102 valence electrons. The highest BCUT2D eigenvalue weighted by molar-refractivity contribution is 7.89. The fraction of sp³-hybridized carbons (Fsp3) is 0.600. The van der Waals surface area contributed by atoms with E-state index >= 15 is 0 Å². The molecule has 0 saturated carbocycles. The number of aryl methyl sites for hydroxylation is 2. The highest BCUT2D eigenvalue weighted by Gasteiger charge is 2.23. The van der Waals surface area contributed by atoms with Crippen LogP contribution in [0.5, 0.6) is 0 Å². The number of carbonyl (C=O) groups excluding carboxylic acids is 1. The quantitative estimate of drug-likeness (QED) is 0.776. The van der Waals surface area contributed by atoms with Crippen LogP contribution in [-0.2, 0) is 14.8 Å². The van der Waals surface area contributed by atoms with Gasteiger partial charge in [-0.25, -0.2) is 13.1 Å². The first kappa shape index (κ1) is 14.7. The maximum atomic E-state index is 12.0. The molecule has 8 heteroatoms. The SMILES string of the molecule is CCN(C)C(=O)CNS(=O)(=O)c1c(C)n[nH]c1C. The summed E-state index contributed by atoms with van der Waals surface area (Å²) in [6.07, 6.45) is 0. The van der Waals surface area contributed by atoms with Crippen molar-refractivity contribution in [1.82, 2.24) is 19.8 Å². The van der Waals surface area contributed by atoms with Crippen molar-refractivity contribution in [2.75, 3.05) is 20.1 Å². The third-order valence-corrected chi connectivity index (χ3v) is 4.31. The van der Waals surface area contributed by atoms with Crippen LogP contribution in [0.1, 0.15) is 18.3 Å². The van der Waals surface area contributed by atoms with Gasteiger partial charge in [-0.1, -0.05) is 0 Å². The summed E-state index contributed by atoms with van der Waals surface area (Å²) in [5.41, 5.74) is 0.840. The van der Waals surface area contributed by atoms with E-state index in [4.69, 9.17) is 0 Å². The highest BCUT2D eigenvalue weighted by Crippen LogP contribution is 2.15. The number of sulfonamides is 1. The summed E-state index contributed by atoms with van der Waals surface area (Å²) in [6.45, 7) is 5.31. The van der Waals surface area contributed by atoms with Crippen molar-refractivity contribution in [3.63, 3.8) is 0 Å². The zero-order chi connectivity index (χ0) is 13.9. The third kappa shape index (κ3) is 3.08. The van der Waals surface area contributed by atoms with Crippen LogP contribution in [0.2, 0.25) is 0 Å². The Hall–Kier alpha value is -1.41. The first-order valence-electron chi connectivity index (χ1n) is 5.54. The Morgan fingerprint density at radius 1 is 1.44 bits per heavy atom. The number of rotatable bonds is 5. The number of nitrogens with one attached hydrogen (secondary N) is 2. The van der Waals surface area contributed by atoms with Crippen molar-refractivity contribution >= 4 is 15.9 Å². The van der Waals surface area contributed by atoms with E-state index in [1.807, 2.05) is 6.92 Å². The van der Waals surface area contributed by atoms with Crippen molar-refractivity contribution in [2.45, 2.75) is 25.7 Å². The number of hydrogen-bond donors (Lipinski definition) is 2. The van der Waals surface area contributed by atoms with Gasteiger partial charge in [0.05, 0.1) is 17.9 Å². The number of carbonyl (C=O) groups is 1. The van der Waals surface area contributed by atoms with E-state index in [0.717, 1.165) is 0 Å². The van der Waals surface area contributed by atoms with Gasteiger partial charge in [0.25, 0.3) is 0 Å². The van der Waals surface area contributed by atoms with E-state index in [9.17, 15) is 13.2 Å². The molecule has 7 nitrogen and oxygen atoms in total. The summed E-state index contributed by atoms with van der Waals surface area (Å²) < 4.78 is 26.3. The Balaban J connectivity index is 2.82. The standard InChI is InChI=1S/C10H18N4O3S/c1-5-14(4)9(15)6-11-18(16,17)10-7(2)12-13-8(10)3/h11H,5-6H2,1-4H3,(H,12,13). The molecule has 1 amide bonds. The fourth-order valence-electron chi connectivity index (χ4n) is 1.48. The van der Waals surface area contributed by atoms with Gasteiger partial charge in [-0.3, -0.25) is 9.89 Å². The van der Waals surface area contributed by atoms with Crippen LogP contribution < -0.4 is 4.72 Å². The lowest BCUT2D eigenvalue weighted by Crippen LogP contribution is -2.38. The minimum Gasteiger partial charge on any atom is -0.345 e. The third-order valence-electron chi connectivity index (χ3n) is 2.64. The van der Waals surface area contributed by atoms with Gasteiger partial charge < -0.3 is 4.90 Å². The van der Waals surface area contributed by atoms with Crippen molar-refractivity contribution in [1.29, 1.82) is 0 Å². The monoisotopic (exact) mass is 274 g/mol. The van der Waals surface area contributed by atoms with Crippen molar-refractivity contribution in [2.24, 2.45) is 0 Å². The molecule has 0 bridgehead atoms. The van der Waals surface area contributed by atoms with E-state index in [1.165, 1.54) is 4.90 Å². The fourth-order valence-corrected chi connectivity index (χ4v) is 2.82. The summed E-state index contributed by atoms with van der Waals surface area (Å²) in [5.74, 6) is -0.278. The zero-order valence-corrected chi connectivity index (χ0v) is 11.8. The average Bonchev–Trinajstić information content (AvgIpc) is 2.65. The van der Waals surface area contributed by atoms with Crippen LogP contribution >= 0.6 is 0 Å². The molecule has 0 fully saturated rings. The molecule has 0 aliphatic rings. The Bertz CT molecular complexity index is 516. The molecular weight excluding hydrogens is 256 g/mol. The molecule has 0 unspecified atom stereocenters. The Morgan fingerprint density at radius 2 is 2.06 bits per heavy atom. The van der Waals surface area contributed by atoms with Crippen LogP contribution in [-0.4, -0.2) is 49.6 Å². The van der Waals surface area contributed by atoms with E-state index in [1.54, 1.807) is 20.9 Å². The van der Waals surface area contributed by atoms with Gasteiger partial charge in [0.1, 0.15) is 4.90 Å². The van der Waals surface area contributed by atoms with Gasteiger partial charge in [-0.05, 0) is 20.8 Å². The van der Waals surface area contributed by atoms with Gasteiger partial charge in [-0.15, -0.1) is 0 Å². The Kier molecular flexibility index (Phi) is 4.47. The lowest BCUT2D eigenvalue weighted by Gasteiger charge is -2.14. The molecule has 0 spiro atoms. The van der Waals surface area contributed by atoms with Crippen LogP contribution in [0.25, 0.3) is 0 Å². The molecule has 0 aliphatic carbocycles. The molecule has 0 saturated heterocycles. The molecule has 1 rings (SSSR count). The lowest BCUT2D eigenvalue weighted by molar-refractivity contribution is -0.128. The normalized spacial score (nSPS) is 11.6. The number of H-pyrrole nitrogens is 1. The summed E-state index contributed by atoms with van der Waals surface area (Å²) in [4.78, 5) is 13.1. The number of amides is 1.